The molecular weight excluding hydrogens is 410 g/mol. The van der Waals surface area contributed by atoms with Gasteiger partial charge in [-0.15, -0.1) is 0 Å². The molecule has 2 amide bonds. The minimum atomic E-state index is -0.239. The van der Waals surface area contributed by atoms with Crippen molar-refractivity contribution in [2.75, 3.05) is 46.8 Å². The van der Waals surface area contributed by atoms with Crippen LogP contribution >= 0.6 is 11.6 Å². The first kappa shape index (κ1) is 23.3. The van der Waals surface area contributed by atoms with E-state index >= 15 is 0 Å². The number of methoxy groups -OCH3 is 3. The van der Waals surface area contributed by atoms with Gasteiger partial charge in [-0.25, -0.2) is 0 Å². The fraction of sp³-hybridized carbons (Fsp3) is 0.333. The standard InChI is InChI=1S/C21H26ClN3O5/c1-25(13-20(27)24-16-7-5-6-15(22)10-16)12-19(26)23-11-14-8-17(28-2)21(30-4)18(9-14)29-3/h5-10H,11-13H2,1-4H3,(H,23,26)(H,24,27). The van der Waals surface area contributed by atoms with E-state index in [9.17, 15) is 9.59 Å². The number of nitrogens with one attached hydrogen (secondary N) is 2. The van der Waals surface area contributed by atoms with Gasteiger partial charge in [-0.2, -0.15) is 0 Å². The third-order valence-electron chi connectivity index (χ3n) is 4.15. The van der Waals surface area contributed by atoms with Crippen molar-refractivity contribution in [2.45, 2.75) is 6.54 Å². The Morgan fingerprint density at radius 1 is 0.967 bits per heavy atom. The fourth-order valence-corrected chi connectivity index (χ4v) is 3.00. The van der Waals surface area contributed by atoms with E-state index in [-0.39, 0.29) is 31.4 Å². The Balaban J connectivity index is 1.86. The summed E-state index contributed by atoms with van der Waals surface area (Å²) in [6, 6.07) is 10.4. The van der Waals surface area contributed by atoms with Crippen LogP contribution in [-0.2, 0) is 16.1 Å². The predicted molar refractivity (Wildman–Crippen MR) is 116 cm³/mol. The molecule has 0 heterocycles. The Kier molecular flexibility index (Phi) is 8.76. The van der Waals surface area contributed by atoms with E-state index in [2.05, 4.69) is 10.6 Å². The van der Waals surface area contributed by atoms with Crippen LogP contribution in [0.1, 0.15) is 5.56 Å². The van der Waals surface area contributed by atoms with Gasteiger partial charge in [0, 0.05) is 17.3 Å². The first-order valence-electron chi connectivity index (χ1n) is 9.15. The molecule has 0 spiro atoms. The number of hydrogen-bond donors (Lipinski definition) is 2. The van der Waals surface area contributed by atoms with Crippen molar-refractivity contribution in [1.29, 1.82) is 0 Å². The number of amides is 2. The van der Waals surface area contributed by atoms with Gasteiger partial charge < -0.3 is 24.8 Å². The lowest BCUT2D eigenvalue weighted by atomic mass is 10.1. The average Bonchev–Trinajstić information content (AvgIpc) is 2.71. The number of hydrogen-bond acceptors (Lipinski definition) is 6. The smallest absolute Gasteiger partial charge is 0.238 e. The van der Waals surface area contributed by atoms with Crippen LogP contribution in [0.3, 0.4) is 0 Å². The molecule has 0 saturated carbocycles. The maximum atomic E-state index is 12.3. The summed E-state index contributed by atoms with van der Waals surface area (Å²) in [4.78, 5) is 26.0. The normalized spacial score (nSPS) is 10.5. The van der Waals surface area contributed by atoms with Crippen LogP contribution in [-0.4, -0.2) is 58.2 Å². The maximum Gasteiger partial charge on any atom is 0.238 e. The van der Waals surface area contributed by atoms with Crippen molar-refractivity contribution in [2.24, 2.45) is 0 Å². The molecule has 2 rings (SSSR count). The molecule has 0 aromatic heterocycles. The Morgan fingerprint density at radius 3 is 2.17 bits per heavy atom. The van der Waals surface area contributed by atoms with Gasteiger partial charge >= 0.3 is 0 Å². The first-order chi connectivity index (χ1) is 14.4. The number of benzene rings is 2. The third-order valence-corrected chi connectivity index (χ3v) is 4.38. The van der Waals surface area contributed by atoms with E-state index in [1.165, 1.54) is 21.3 Å². The molecule has 0 aliphatic rings. The second-order valence-electron chi connectivity index (χ2n) is 6.54. The van der Waals surface area contributed by atoms with Crippen LogP contribution in [0, 0.1) is 0 Å². The van der Waals surface area contributed by atoms with Gasteiger partial charge in [0.25, 0.3) is 0 Å². The molecule has 0 radical (unpaired) electrons. The number of likely N-dealkylation sites (N-methyl/N-ethyl adjacent to an activating group) is 1. The molecule has 9 heteroatoms. The van der Waals surface area contributed by atoms with E-state index in [0.29, 0.717) is 28.0 Å². The summed E-state index contributed by atoms with van der Waals surface area (Å²) in [5, 5.41) is 6.10. The van der Waals surface area contributed by atoms with Crippen LogP contribution in [0.2, 0.25) is 5.02 Å². The molecule has 0 atom stereocenters. The Hall–Kier alpha value is -2.97. The van der Waals surface area contributed by atoms with Crippen molar-refractivity contribution >= 4 is 29.1 Å². The molecular formula is C21H26ClN3O5. The Labute approximate surface area is 181 Å². The molecule has 0 aliphatic heterocycles. The summed E-state index contributed by atoms with van der Waals surface area (Å²) in [7, 11) is 6.28. The van der Waals surface area contributed by atoms with Crippen molar-refractivity contribution < 1.29 is 23.8 Å². The number of anilines is 1. The van der Waals surface area contributed by atoms with Crippen molar-refractivity contribution in [3.63, 3.8) is 0 Å². The summed E-state index contributed by atoms with van der Waals surface area (Å²) in [5.41, 5.74) is 1.40. The molecule has 0 fully saturated rings. The van der Waals surface area contributed by atoms with Gasteiger partial charge in [0.05, 0.1) is 34.4 Å². The quantitative estimate of drug-likeness (QED) is 0.596. The molecule has 30 heavy (non-hydrogen) atoms. The van der Waals surface area contributed by atoms with Gasteiger partial charge in [-0.1, -0.05) is 17.7 Å². The van der Waals surface area contributed by atoms with E-state index in [0.717, 1.165) is 5.56 Å². The lowest BCUT2D eigenvalue weighted by molar-refractivity contribution is -0.123. The van der Waals surface area contributed by atoms with Gasteiger partial charge in [0.15, 0.2) is 11.5 Å². The van der Waals surface area contributed by atoms with Crippen molar-refractivity contribution in [3.8, 4) is 17.2 Å². The lowest BCUT2D eigenvalue weighted by Gasteiger charge is -2.17. The van der Waals surface area contributed by atoms with Crippen LogP contribution in [0.15, 0.2) is 36.4 Å². The van der Waals surface area contributed by atoms with Crippen molar-refractivity contribution in [1.82, 2.24) is 10.2 Å². The van der Waals surface area contributed by atoms with E-state index in [1.807, 2.05) is 0 Å². The van der Waals surface area contributed by atoms with Crippen LogP contribution in [0.4, 0.5) is 5.69 Å². The van der Waals surface area contributed by atoms with Gasteiger partial charge in [-0.05, 0) is 42.9 Å². The minimum Gasteiger partial charge on any atom is -0.493 e. The SMILES string of the molecule is COc1cc(CNC(=O)CN(C)CC(=O)Nc2cccc(Cl)c2)cc(OC)c1OC. The van der Waals surface area contributed by atoms with Gasteiger partial charge in [0.2, 0.25) is 17.6 Å². The highest BCUT2D eigenvalue weighted by Crippen LogP contribution is 2.38. The molecule has 162 valence electrons. The van der Waals surface area contributed by atoms with E-state index < -0.39 is 0 Å². The summed E-state index contributed by atoms with van der Waals surface area (Å²) in [6.07, 6.45) is 0. The summed E-state index contributed by atoms with van der Waals surface area (Å²) in [6.45, 7) is 0.398. The highest BCUT2D eigenvalue weighted by atomic mass is 35.5. The zero-order chi connectivity index (χ0) is 22.1. The lowest BCUT2D eigenvalue weighted by Crippen LogP contribution is -2.38. The molecule has 8 nitrogen and oxygen atoms in total. The van der Waals surface area contributed by atoms with E-state index in [1.54, 1.807) is 48.3 Å². The van der Waals surface area contributed by atoms with Crippen LogP contribution in [0.25, 0.3) is 0 Å². The Morgan fingerprint density at radius 2 is 1.60 bits per heavy atom. The topological polar surface area (TPSA) is 89.1 Å². The first-order valence-corrected chi connectivity index (χ1v) is 9.53. The van der Waals surface area contributed by atoms with Crippen LogP contribution in [0.5, 0.6) is 17.2 Å². The van der Waals surface area contributed by atoms with Gasteiger partial charge in [-0.3, -0.25) is 14.5 Å². The summed E-state index contributed by atoms with van der Waals surface area (Å²) < 4.78 is 15.9. The molecule has 2 N–H and O–H groups in total. The summed E-state index contributed by atoms with van der Waals surface area (Å²) >= 11 is 5.91. The van der Waals surface area contributed by atoms with Crippen LogP contribution < -0.4 is 24.8 Å². The predicted octanol–water partition coefficient (Wildman–Crippen LogP) is 2.55. The molecule has 0 saturated heterocycles. The second kappa shape index (κ2) is 11.3. The zero-order valence-electron chi connectivity index (χ0n) is 17.5. The molecule has 0 unspecified atom stereocenters. The number of rotatable bonds is 10. The second-order valence-corrected chi connectivity index (χ2v) is 6.98. The highest BCUT2D eigenvalue weighted by Gasteiger charge is 2.15. The molecule has 0 bridgehead atoms. The molecule has 0 aliphatic carbocycles. The number of ether oxygens (including phenoxy) is 3. The minimum absolute atomic E-state index is 0.0596. The Bertz CT molecular complexity index is 866. The number of carbonyl (C=O) groups is 2. The number of halogens is 1. The summed E-state index contributed by atoms with van der Waals surface area (Å²) in [5.74, 6) is 1.05. The zero-order valence-corrected chi connectivity index (χ0v) is 18.2. The monoisotopic (exact) mass is 435 g/mol. The number of nitrogens with zero attached hydrogens (tertiary/aromatic N) is 1. The van der Waals surface area contributed by atoms with Crippen molar-refractivity contribution in [3.05, 3.63) is 47.0 Å². The highest BCUT2D eigenvalue weighted by molar-refractivity contribution is 6.30. The largest absolute Gasteiger partial charge is 0.493 e. The number of carbonyl (C=O) groups excluding carboxylic acids is 2. The van der Waals surface area contributed by atoms with E-state index in [4.69, 9.17) is 25.8 Å². The fourth-order valence-electron chi connectivity index (χ4n) is 2.81. The maximum absolute atomic E-state index is 12.3. The molecule has 2 aromatic carbocycles. The molecule has 2 aromatic rings. The third kappa shape index (κ3) is 6.82. The average molecular weight is 436 g/mol. The van der Waals surface area contributed by atoms with Gasteiger partial charge in [0.1, 0.15) is 0 Å².